The van der Waals surface area contributed by atoms with E-state index in [4.69, 9.17) is 9.47 Å². The fourth-order valence-electron chi connectivity index (χ4n) is 7.36. The van der Waals surface area contributed by atoms with Crippen molar-refractivity contribution in [3.05, 3.63) is 109 Å². The molecule has 0 heterocycles. The summed E-state index contributed by atoms with van der Waals surface area (Å²) in [6.45, 7) is 17.1. The zero-order valence-electron chi connectivity index (χ0n) is 45.6. The number of rotatable bonds is 40. The van der Waals surface area contributed by atoms with Crippen molar-refractivity contribution in [2.45, 2.75) is 246 Å². The zero-order valence-corrected chi connectivity index (χ0v) is 48.4. The second kappa shape index (κ2) is 57.5. The van der Waals surface area contributed by atoms with Gasteiger partial charge < -0.3 is 29.3 Å². The first-order valence-corrected chi connectivity index (χ1v) is 28.0. The molecule has 2 aromatic carbocycles. The molecule has 0 amide bonds. The third-order valence-electron chi connectivity index (χ3n) is 11.7. The minimum atomic E-state index is -1.37. The normalized spacial score (nSPS) is 10.6. The molecule has 0 unspecified atom stereocenters. The van der Waals surface area contributed by atoms with Gasteiger partial charge in [-0.1, -0.05) is 256 Å². The van der Waals surface area contributed by atoms with E-state index < -0.39 is 23.9 Å². The quantitative estimate of drug-likeness (QED) is 0.0279. The number of carboxylic acid groups (broad SMARTS) is 2. The fraction of sp³-hybridized carbons (Fsp3) is 0.645. The smallest absolute Gasteiger partial charge is 0.545 e. The summed E-state index contributed by atoms with van der Waals surface area (Å²) in [7, 11) is 0. The van der Waals surface area contributed by atoms with Gasteiger partial charge in [-0.05, 0) is 76.3 Å². The van der Waals surface area contributed by atoms with E-state index in [1.165, 1.54) is 178 Å². The molecule has 0 aliphatic heterocycles. The molecule has 0 atom stereocenters. The molecule has 0 N–H and O–H groups in total. The number of aromatic carboxylic acids is 2. The topological polar surface area (TPSA) is 133 Å². The first-order valence-electron chi connectivity index (χ1n) is 28.0. The maximum Gasteiger partial charge on any atom is 2.00 e. The van der Waals surface area contributed by atoms with Crippen LogP contribution >= 0.6 is 0 Å². The molecule has 0 aliphatic rings. The van der Waals surface area contributed by atoms with Crippen LogP contribution < -0.4 is 10.2 Å². The molecule has 8 nitrogen and oxygen atoms in total. The van der Waals surface area contributed by atoms with Gasteiger partial charge >= 0.3 is 35.8 Å². The summed E-state index contributed by atoms with van der Waals surface area (Å²) >= 11 is 0. The van der Waals surface area contributed by atoms with Crippen LogP contribution in [0.4, 0.5) is 0 Å². The molecule has 71 heavy (non-hydrogen) atoms. The van der Waals surface area contributed by atoms with Crippen LogP contribution in [0.2, 0.25) is 0 Å². The molecule has 0 aromatic heterocycles. The van der Waals surface area contributed by atoms with Gasteiger partial charge in [0.05, 0.1) is 36.3 Å². The number of hydrogen-bond donors (Lipinski definition) is 0. The van der Waals surface area contributed by atoms with Crippen LogP contribution in [0.3, 0.4) is 0 Å². The van der Waals surface area contributed by atoms with Crippen LogP contribution in [-0.2, 0) is 9.47 Å². The van der Waals surface area contributed by atoms with Crippen molar-refractivity contribution in [2.75, 3.05) is 13.2 Å². The van der Waals surface area contributed by atoms with Crippen molar-refractivity contribution >= 4 is 47.8 Å². The number of esters is 2. The molecule has 0 saturated carbocycles. The van der Waals surface area contributed by atoms with E-state index in [1.807, 2.05) is 0 Å². The second-order valence-electron chi connectivity index (χ2n) is 18.2. The van der Waals surface area contributed by atoms with Crippen molar-refractivity contribution in [3.63, 3.8) is 0 Å². The van der Waals surface area contributed by atoms with Gasteiger partial charge in [0.1, 0.15) is 0 Å². The summed E-state index contributed by atoms with van der Waals surface area (Å²) in [4.78, 5) is 45.9. The van der Waals surface area contributed by atoms with Crippen molar-refractivity contribution < 1.29 is 38.9 Å². The van der Waals surface area contributed by atoms with Crippen LogP contribution in [0.1, 0.15) is 287 Å². The number of allylic oxidation sites excluding steroid dienone is 4. The molecule has 0 aliphatic carbocycles. The molecule has 0 spiro atoms. The molecule has 9 heteroatoms. The number of ether oxygens (including phenoxy) is 2. The fourth-order valence-corrected chi connectivity index (χ4v) is 7.36. The van der Waals surface area contributed by atoms with Crippen LogP contribution in [0.25, 0.3) is 0 Å². The van der Waals surface area contributed by atoms with Gasteiger partial charge in [-0.2, -0.15) is 0 Å². The minimum Gasteiger partial charge on any atom is -0.545 e. The number of benzene rings is 2. The van der Waals surface area contributed by atoms with Crippen molar-refractivity contribution in [3.8, 4) is 0 Å². The number of carbonyl (C=O) groups excluding carboxylic acids is 4. The SMILES string of the molecule is CCCCCCCCC/C=C/CCCCOC(=O)c1ccccc1C(=O)[O-].CCCCCCCCC/C=C/CCCCOC(=O)c1ccccc1C(=O)[O-].[CH2]CCCCCCC.[CH2]CCCCCCC.[Sn+2]. The van der Waals surface area contributed by atoms with Gasteiger partial charge in [0.2, 0.25) is 0 Å². The molecule has 2 rings (SSSR count). The molecule has 0 fully saturated rings. The number of unbranched alkanes of at least 4 members (excludes halogenated alkanes) is 28. The maximum absolute atomic E-state index is 12.0. The Morgan fingerprint density at radius 1 is 0.380 bits per heavy atom. The molecule has 0 saturated heterocycles. The van der Waals surface area contributed by atoms with Gasteiger partial charge in [-0.25, -0.2) is 9.59 Å². The molecular weight excluding hydrogens is 991 g/mol. The van der Waals surface area contributed by atoms with Gasteiger partial charge in [-0.15, -0.1) is 0 Å². The van der Waals surface area contributed by atoms with Crippen molar-refractivity contribution in [2.24, 2.45) is 0 Å². The van der Waals surface area contributed by atoms with Gasteiger partial charge in [0.25, 0.3) is 0 Å². The van der Waals surface area contributed by atoms with E-state index in [9.17, 15) is 29.4 Å². The third kappa shape index (κ3) is 47.4. The van der Waals surface area contributed by atoms with Gasteiger partial charge in [-0.3, -0.25) is 0 Å². The monoisotopic (exact) mass is 1090 g/mol. The Kier molecular flexibility index (Phi) is 58.2. The Balaban J connectivity index is -0.000000986. The maximum atomic E-state index is 12.0. The first kappa shape index (κ1) is 71.8. The molecule has 4 radical (unpaired) electrons. The largest absolute Gasteiger partial charge is 2.00 e. The minimum absolute atomic E-state index is 0. The van der Waals surface area contributed by atoms with Crippen molar-refractivity contribution in [1.29, 1.82) is 0 Å². The van der Waals surface area contributed by atoms with Crippen LogP contribution in [0.5, 0.6) is 0 Å². The second-order valence-corrected chi connectivity index (χ2v) is 18.2. The van der Waals surface area contributed by atoms with Crippen LogP contribution in [-0.4, -0.2) is 61.0 Å². The average molecular weight is 1090 g/mol. The van der Waals surface area contributed by atoms with Gasteiger partial charge in [0.15, 0.2) is 0 Å². The summed E-state index contributed by atoms with van der Waals surface area (Å²) in [5.41, 5.74) is -0.161. The first-order chi connectivity index (χ1) is 34.2. The van der Waals surface area contributed by atoms with E-state index in [0.717, 1.165) is 64.2 Å². The Hall–Kier alpha value is -3.40. The molecule has 2 aromatic rings. The summed E-state index contributed by atoms with van der Waals surface area (Å²) in [6, 6.07) is 11.9. The summed E-state index contributed by atoms with van der Waals surface area (Å²) in [5, 5.41) is 22.0. The number of carbonyl (C=O) groups is 4. The standard InChI is InChI=1S/2C23H34O4.2C8H17.Sn/c2*1-2-3-4-5-6-7-8-9-10-11-12-13-16-19-27-23(26)21-18-15-14-17-20(21)22(24)25;2*1-3-5-7-8-6-4-2;/h2*10-11,14-15,17-18H,2-9,12-13,16,19H2,1H3,(H,24,25);2*1,3-8H2,2H3;/q;;;;+2/p-2/b2*11-10+;;;. The van der Waals surface area contributed by atoms with E-state index in [0.29, 0.717) is 13.2 Å². The van der Waals surface area contributed by atoms with Crippen molar-refractivity contribution in [1.82, 2.24) is 0 Å². The Bertz CT molecular complexity index is 1440. The predicted molar refractivity (Wildman–Crippen MR) is 297 cm³/mol. The third-order valence-corrected chi connectivity index (χ3v) is 11.7. The Labute approximate surface area is 452 Å². The molecular formula is C62H100O8Sn. The van der Waals surface area contributed by atoms with E-state index in [2.05, 4.69) is 65.8 Å². The summed E-state index contributed by atoms with van der Waals surface area (Å²) < 4.78 is 10.3. The Morgan fingerprint density at radius 3 is 0.887 bits per heavy atom. The van der Waals surface area contributed by atoms with E-state index in [1.54, 1.807) is 24.3 Å². The van der Waals surface area contributed by atoms with Crippen LogP contribution in [0.15, 0.2) is 72.8 Å². The van der Waals surface area contributed by atoms with E-state index in [-0.39, 0.29) is 46.2 Å². The molecule has 0 bridgehead atoms. The average Bonchev–Trinajstić information content (AvgIpc) is 3.37. The number of carboxylic acids is 2. The van der Waals surface area contributed by atoms with Gasteiger partial charge in [0, 0.05) is 11.1 Å². The summed E-state index contributed by atoms with van der Waals surface area (Å²) in [6.07, 6.45) is 51.1. The number of hydrogen-bond acceptors (Lipinski definition) is 8. The Morgan fingerprint density at radius 2 is 0.620 bits per heavy atom. The summed E-state index contributed by atoms with van der Waals surface area (Å²) in [5.74, 6) is -3.95. The zero-order chi connectivity index (χ0) is 52.0. The van der Waals surface area contributed by atoms with E-state index >= 15 is 0 Å². The predicted octanol–water partition coefficient (Wildman–Crippen LogP) is 16.1. The van der Waals surface area contributed by atoms with Crippen LogP contribution in [0, 0.1) is 13.8 Å². The molecule has 400 valence electrons.